The fourth-order valence-corrected chi connectivity index (χ4v) is 4.49. The molecule has 0 aromatic heterocycles. The van der Waals surface area contributed by atoms with Crippen molar-refractivity contribution in [3.8, 4) is 5.75 Å². The van der Waals surface area contributed by atoms with E-state index in [1.807, 2.05) is 12.1 Å². The third-order valence-corrected chi connectivity index (χ3v) is 6.32. The Morgan fingerprint density at radius 3 is 2.62 bits per heavy atom. The second kappa shape index (κ2) is 9.42. The molecule has 2 N–H and O–H groups in total. The summed E-state index contributed by atoms with van der Waals surface area (Å²) in [6, 6.07) is 14.6. The maximum atomic E-state index is 12.8. The minimum Gasteiger partial charge on any atom is -0.497 e. The largest absolute Gasteiger partial charge is 0.497 e. The van der Waals surface area contributed by atoms with Crippen LogP contribution in [-0.2, 0) is 20.8 Å². The highest BCUT2D eigenvalue weighted by Crippen LogP contribution is 2.30. The number of hydrogen-bond donors (Lipinski definition) is 2. The summed E-state index contributed by atoms with van der Waals surface area (Å²) in [4.78, 5) is 39.6. The second-order valence-corrected chi connectivity index (χ2v) is 8.49. The Bertz CT molecular complexity index is 1000. The molecule has 7 nitrogen and oxygen atoms in total. The second-order valence-electron chi connectivity index (χ2n) is 8.49. The molecule has 1 fully saturated rings. The number of rotatable bonds is 6. The Hall–Kier alpha value is -3.35. The standard InChI is InChI=1S/C25H29N3O4/c1-16(24(30)27-22-9-5-7-17-6-3-4-8-21(17)22)26-25(31)18-14-23(29)28(15-18)19-10-12-20(32-2)13-11-19/h3-4,6,8,10-13,16,18,22H,5,7,9,14-15H2,1-2H3,(H,26,31)(H,27,30)/t16-,18-,22+/m0/s1. The van der Waals surface area contributed by atoms with Crippen LogP contribution in [0.2, 0.25) is 0 Å². The van der Waals surface area contributed by atoms with Gasteiger partial charge in [-0.15, -0.1) is 0 Å². The molecule has 0 saturated carbocycles. The first-order valence-corrected chi connectivity index (χ1v) is 11.1. The van der Waals surface area contributed by atoms with Crippen LogP contribution in [0.1, 0.15) is 43.4 Å². The first-order chi connectivity index (χ1) is 15.5. The maximum Gasteiger partial charge on any atom is 0.242 e. The normalized spacial score (nSPS) is 20.9. The summed E-state index contributed by atoms with van der Waals surface area (Å²) in [6.45, 7) is 1.97. The fraction of sp³-hybridized carbons (Fsp3) is 0.400. The molecule has 2 aliphatic rings. The van der Waals surface area contributed by atoms with Crippen molar-refractivity contribution in [2.24, 2.45) is 5.92 Å². The topological polar surface area (TPSA) is 87.7 Å². The van der Waals surface area contributed by atoms with Gasteiger partial charge in [0.2, 0.25) is 17.7 Å². The van der Waals surface area contributed by atoms with E-state index >= 15 is 0 Å². The third-order valence-electron chi connectivity index (χ3n) is 6.32. The van der Waals surface area contributed by atoms with Gasteiger partial charge >= 0.3 is 0 Å². The van der Waals surface area contributed by atoms with Crippen molar-refractivity contribution in [1.29, 1.82) is 0 Å². The molecule has 4 rings (SSSR count). The van der Waals surface area contributed by atoms with Gasteiger partial charge in [-0.2, -0.15) is 0 Å². The molecule has 2 aromatic rings. The number of methoxy groups -OCH3 is 1. The van der Waals surface area contributed by atoms with E-state index in [4.69, 9.17) is 4.74 Å². The van der Waals surface area contributed by atoms with Gasteiger partial charge < -0.3 is 20.3 Å². The van der Waals surface area contributed by atoms with Crippen molar-refractivity contribution in [3.63, 3.8) is 0 Å². The van der Waals surface area contributed by atoms with Crippen molar-refractivity contribution in [1.82, 2.24) is 10.6 Å². The zero-order chi connectivity index (χ0) is 22.7. The molecule has 1 heterocycles. The van der Waals surface area contributed by atoms with E-state index in [1.165, 1.54) is 5.56 Å². The molecule has 32 heavy (non-hydrogen) atoms. The molecule has 0 spiro atoms. The van der Waals surface area contributed by atoms with Crippen molar-refractivity contribution in [2.75, 3.05) is 18.6 Å². The Morgan fingerprint density at radius 1 is 1.12 bits per heavy atom. The van der Waals surface area contributed by atoms with Gasteiger partial charge in [-0.1, -0.05) is 24.3 Å². The van der Waals surface area contributed by atoms with Gasteiger partial charge in [0, 0.05) is 18.7 Å². The minimum absolute atomic E-state index is 0.0366. The van der Waals surface area contributed by atoms with E-state index in [-0.39, 0.29) is 30.2 Å². The van der Waals surface area contributed by atoms with Gasteiger partial charge in [0.15, 0.2) is 0 Å². The molecule has 3 atom stereocenters. The van der Waals surface area contributed by atoms with Crippen LogP contribution in [-0.4, -0.2) is 37.4 Å². The first kappa shape index (κ1) is 21.9. The van der Waals surface area contributed by atoms with Gasteiger partial charge in [0.05, 0.1) is 19.1 Å². The summed E-state index contributed by atoms with van der Waals surface area (Å²) in [7, 11) is 1.58. The van der Waals surface area contributed by atoms with Crippen LogP contribution in [0.5, 0.6) is 5.75 Å². The Kier molecular flexibility index (Phi) is 6.44. The summed E-state index contributed by atoms with van der Waals surface area (Å²) < 4.78 is 5.15. The number of carbonyl (C=O) groups is 3. The van der Waals surface area contributed by atoms with Crippen molar-refractivity contribution in [3.05, 3.63) is 59.7 Å². The summed E-state index contributed by atoms with van der Waals surface area (Å²) in [5.41, 5.74) is 3.15. The van der Waals surface area contributed by atoms with Gasteiger partial charge in [0.25, 0.3) is 0 Å². The van der Waals surface area contributed by atoms with Gasteiger partial charge in [0.1, 0.15) is 11.8 Å². The number of nitrogens with zero attached hydrogens (tertiary/aromatic N) is 1. The quantitative estimate of drug-likeness (QED) is 0.730. The summed E-state index contributed by atoms with van der Waals surface area (Å²) in [5.74, 6) is -0.381. The van der Waals surface area contributed by atoms with Gasteiger partial charge in [-0.3, -0.25) is 14.4 Å². The van der Waals surface area contributed by atoms with Crippen molar-refractivity contribution >= 4 is 23.4 Å². The lowest BCUT2D eigenvalue weighted by atomic mass is 9.87. The number of hydrogen-bond acceptors (Lipinski definition) is 4. The number of aryl methyl sites for hydroxylation is 1. The molecule has 0 unspecified atom stereocenters. The number of carbonyl (C=O) groups excluding carboxylic acids is 3. The molecule has 2 aromatic carbocycles. The monoisotopic (exact) mass is 435 g/mol. The average Bonchev–Trinajstić information content (AvgIpc) is 3.21. The number of anilines is 1. The zero-order valence-corrected chi connectivity index (χ0v) is 18.5. The average molecular weight is 436 g/mol. The predicted octanol–water partition coefficient (Wildman–Crippen LogP) is 2.75. The van der Waals surface area contributed by atoms with Crippen LogP contribution < -0.4 is 20.3 Å². The SMILES string of the molecule is COc1ccc(N2C[C@@H](C(=O)N[C@@H](C)C(=O)N[C@@H]3CCCc4ccccc43)CC2=O)cc1. The van der Waals surface area contributed by atoms with Crippen molar-refractivity contribution < 1.29 is 19.1 Å². The lowest BCUT2D eigenvalue weighted by molar-refractivity contribution is -0.131. The Balaban J connectivity index is 1.33. The third kappa shape index (κ3) is 4.61. The van der Waals surface area contributed by atoms with Gasteiger partial charge in [-0.05, 0) is 61.6 Å². The van der Waals surface area contributed by atoms with E-state index < -0.39 is 12.0 Å². The first-order valence-electron chi connectivity index (χ1n) is 11.1. The van der Waals surface area contributed by atoms with Crippen LogP contribution in [0.25, 0.3) is 0 Å². The number of ether oxygens (including phenoxy) is 1. The van der Waals surface area contributed by atoms with Gasteiger partial charge in [-0.25, -0.2) is 0 Å². The van der Waals surface area contributed by atoms with E-state index in [1.54, 1.807) is 43.2 Å². The van der Waals surface area contributed by atoms with E-state index in [2.05, 4.69) is 22.8 Å². The molecule has 7 heteroatoms. The fourth-order valence-electron chi connectivity index (χ4n) is 4.49. The summed E-state index contributed by atoms with van der Waals surface area (Å²) in [5, 5.41) is 5.88. The molecular formula is C25H29N3O4. The Labute approximate surface area is 188 Å². The highest BCUT2D eigenvalue weighted by molar-refractivity contribution is 6.01. The van der Waals surface area contributed by atoms with E-state index in [0.717, 1.165) is 30.5 Å². The van der Waals surface area contributed by atoms with Crippen LogP contribution in [0.4, 0.5) is 5.69 Å². The minimum atomic E-state index is -0.679. The molecular weight excluding hydrogens is 406 g/mol. The number of amides is 3. The predicted molar refractivity (Wildman–Crippen MR) is 121 cm³/mol. The molecule has 1 saturated heterocycles. The summed E-state index contributed by atoms with van der Waals surface area (Å²) >= 11 is 0. The molecule has 3 amide bonds. The lowest BCUT2D eigenvalue weighted by Gasteiger charge is -2.28. The van der Waals surface area contributed by atoms with Crippen LogP contribution in [0.15, 0.2) is 48.5 Å². The molecule has 168 valence electrons. The van der Waals surface area contributed by atoms with Crippen LogP contribution in [0, 0.1) is 5.92 Å². The highest BCUT2D eigenvalue weighted by Gasteiger charge is 2.36. The maximum absolute atomic E-state index is 12.8. The van der Waals surface area contributed by atoms with E-state index in [9.17, 15) is 14.4 Å². The lowest BCUT2D eigenvalue weighted by Crippen LogP contribution is -2.48. The zero-order valence-electron chi connectivity index (χ0n) is 18.5. The molecule has 1 aliphatic heterocycles. The smallest absolute Gasteiger partial charge is 0.242 e. The number of fused-ring (bicyclic) bond motifs is 1. The number of benzene rings is 2. The highest BCUT2D eigenvalue weighted by atomic mass is 16.5. The summed E-state index contributed by atoms with van der Waals surface area (Å²) in [6.07, 6.45) is 3.06. The van der Waals surface area contributed by atoms with Crippen molar-refractivity contribution in [2.45, 2.75) is 44.7 Å². The Morgan fingerprint density at radius 2 is 1.88 bits per heavy atom. The van der Waals surface area contributed by atoms with E-state index in [0.29, 0.717) is 12.3 Å². The molecule has 0 bridgehead atoms. The molecule has 0 radical (unpaired) electrons. The molecule has 1 aliphatic carbocycles. The van der Waals surface area contributed by atoms with Crippen LogP contribution in [0.3, 0.4) is 0 Å². The van der Waals surface area contributed by atoms with Crippen LogP contribution >= 0.6 is 0 Å². The number of nitrogens with one attached hydrogen (secondary N) is 2.